The van der Waals surface area contributed by atoms with E-state index in [0.717, 1.165) is 50.2 Å². The number of carbonyl (C=O) groups is 1. The number of anilines is 2. The van der Waals surface area contributed by atoms with Crippen molar-refractivity contribution in [3.63, 3.8) is 0 Å². The van der Waals surface area contributed by atoms with Crippen LogP contribution in [0, 0.1) is 0 Å². The maximum atomic E-state index is 11.9. The van der Waals surface area contributed by atoms with Crippen LogP contribution in [0.3, 0.4) is 0 Å². The van der Waals surface area contributed by atoms with Crippen LogP contribution in [0.1, 0.15) is 23.8 Å². The molecule has 176 valence electrons. The molecule has 0 bridgehead atoms. The van der Waals surface area contributed by atoms with E-state index < -0.39 is 5.97 Å². The highest BCUT2D eigenvalue weighted by molar-refractivity contribution is 5.94. The maximum absolute atomic E-state index is 11.9. The number of nitrogens with zero attached hydrogens (tertiary/aromatic N) is 3. The number of benzene rings is 1. The summed E-state index contributed by atoms with van der Waals surface area (Å²) < 4.78 is 22.0. The third-order valence-electron chi connectivity index (χ3n) is 5.34. The van der Waals surface area contributed by atoms with Crippen molar-refractivity contribution in [1.29, 1.82) is 0 Å². The number of H-pyrrole nitrogens is 1. The van der Waals surface area contributed by atoms with Crippen LogP contribution < -0.4 is 14.8 Å². The minimum atomic E-state index is -0.407. The largest absolute Gasteiger partial charge is 0.493 e. The van der Waals surface area contributed by atoms with Crippen molar-refractivity contribution >= 4 is 28.4 Å². The number of morpholine rings is 1. The van der Waals surface area contributed by atoms with Crippen molar-refractivity contribution in [3.8, 4) is 11.5 Å². The Kier molecular flexibility index (Phi) is 7.59. The molecule has 4 rings (SSSR count). The molecule has 1 aliphatic heterocycles. The number of aromatic amines is 1. The second-order valence-electron chi connectivity index (χ2n) is 7.55. The molecule has 1 saturated heterocycles. The summed E-state index contributed by atoms with van der Waals surface area (Å²) in [4.78, 5) is 25.9. The number of fused-ring (bicyclic) bond motifs is 1. The molecule has 0 spiro atoms. The Labute approximate surface area is 192 Å². The van der Waals surface area contributed by atoms with Gasteiger partial charge >= 0.3 is 5.97 Å². The van der Waals surface area contributed by atoms with E-state index in [1.54, 1.807) is 26.3 Å². The van der Waals surface area contributed by atoms with Crippen LogP contribution in [0.25, 0.3) is 10.9 Å². The van der Waals surface area contributed by atoms with Crippen LogP contribution in [0.15, 0.2) is 30.7 Å². The lowest BCUT2D eigenvalue weighted by Gasteiger charge is -2.26. The first kappa shape index (κ1) is 22.8. The molecule has 0 unspecified atom stereocenters. The standard InChI is InChI=1S/C23H29N5O5/c1-3-32-23(29)19-11-16(14-24-19)27-22-17-12-20(30-2)21(13-18(17)25-15-26-22)33-8-4-5-28-6-9-31-10-7-28/h11-15,24H,3-10H2,1-2H3,(H,25,26,27). The average molecular weight is 456 g/mol. The molecular weight excluding hydrogens is 426 g/mol. The summed E-state index contributed by atoms with van der Waals surface area (Å²) in [6, 6.07) is 5.39. The molecule has 1 aliphatic rings. The van der Waals surface area contributed by atoms with Gasteiger partial charge in [-0.05, 0) is 25.5 Å². The van der Waals surface area contributed by atoms with Gasteiger partial charge in [0.2, 0.25) is 0 Å². The minimum Gasteiger partial charge on any atom is -0.493 e. The predicted molar refractivity (Wildman–Crippen MR) is 123 cm³/mol. The summed E-state index contributed by atoms with van der Waals surface area (Å²) in [6.07, 6.45) is 4.08. The monoisotopic (exact) mass is 455 g/mol. The third kappa shape index (κ3) is 5.71. The van der Waals surface area contributed by atoms with Crippen molar-refractivity contribution in [2.75, 3.05) is 58.5 Å². The number of esters is 1. The fourth-order valence-electron chi connectivity index (χ4n) is 3.66. The first-order valence-corrected chi connectivity index (χ1v) is 11.1. The Bertz CT molecular complexity index is 1080. The van der Waals surface area contributed by atoms with Crippen molar-refractivity contribution in [2.24, 2.45) is 0 Å². The summed E-state index contributed by atoms with van der Waals surface area (Å²) in [6.45, 7) is 7.15. The molecule has 10 heteroatoms. The molecule has 3 heterocycles. The van der Waals surface area contributed by atoms with Crippen LogP contribution in [-0.4, -0.2) is 79.0 Å². The predicted octanol–water partition coefficient (Wildman–Crippen LogP) is 2.99. The molecule has 1 fully saturated rings. The fraction of sp³-hybridized carbons (Fsp3) is 0.435. The zero-order valence-corrected chi connectivity index (χ0v) is 18.9. The van der Waals surface area contributed by atoms with Gasteiger partial charge in [-0.1, -0.05) is 0 Å². The van der Waals surface area contributed by atoms with Crippen LogP contribution in [-0.2, 0) is 9.47 Å². The van der Waals surface area contributed by atoms with Gasteiger partial charge in [0, 0.05) is 37.3 Å². The summed E-state index contributed by atoms with van der Waals surface area (Å²) >= 11 is 0. The number of rotatable bonds is 10. The smallest absolute Gasteiger partial charge is 0.354 e. The molecule has 1 aromatic carbocycles. The van der Waals surface area contributed by atoms with Gasteiger partial charge in [-0.3, -0.25) is 4.90 Å². The molecule has 33 heavy (non-hydrogen) atoms. The zero-order valence-electron chi connectivity index (χ0n) is 18.9. The van der Waals surface area contributed by atoms with Crippen molar-refractivity contribution in [2.45, 2.75) is 13.3 Å². The van der Waals surface area contributed by atoms with Gasteiger partial charge in [-0.25, -0.2) is 14.8 Å². The number of aromatic nitrogens is 3. The Morgan fingerprint density at radius 3 is 2.85 bits per heavy atom. The average Bonchev–Trinajstić information content (AvgIpc) is 3.31. The number of hydrogen-bond donors (Lipinski definition) is 2. The Hall–Kier alpha value is -3.37. The number of ether oxygens (including phenoxy) is 4. The lowest BCUT2D eigenvalue weighted by atomic mass is 10.2. The van der Waals surface area contributed by atoms with Gasteiger partial charge in [0.05, 0.1) is 44.7 Å². The molecular formula is C23H29N5O5. The van der Waals surface area contributed by atoms with E-state index in [1.165, 1.54) is 6.33 Å². The molecule has 10 nitrogen and oxygen atoms in total. The van der Waals surface area contributed by atoms with E-state index in [2.05, 4.69) is 25.2 Å². The second-order valence-corrected chi connectivity index (χ2v) is 7.55. The van der Waals surface area contributed by atoms with Gasteiger partial charge < -0.3 is 29.2 Å². The van der Waals surface area contributed by atoms with E-state index in [1.807, 2.05) is 12.1 Å². The van der Waals surface area contributed by atoms with Gasteiger partial charge in [0.1, 0.15) is 17.8 Å². The van der Waals surface area contributed by atoms with E-state index in [0.29, 0.717) is 41.9 Å². The van der Waals surface area contributed by atoms with Crippen molar-refractivity contribution < 1.29 is 23.7 Å². The highest BCUT2D eigenvalue weighted by Gasteiger charge is 2.15. The Balaban J connectivity index is 1.45. The molecule has 0 amide bonds. The Morgan fingerprint density at radius 1 is 1.21 bits per heavy atom. The molecule has 0 atom stereocenters. The normalized spacial score (nSPS) is 14.2. The highest BCUT2D eigenvalue weighted by Crippen LogP contribution is 2.34. The molecule has 0 radical (unpaired) electrons. The lowest BCUT2D eigenvalue weighted by molar-refractivity contribution is 0.0357. The van der Waals surface area contributed by atoms with Crippen LogP contribution in [0.4, 0.5) is 11.5 Å². The highest BCUT2D eigenvalue weighted by atomic mass is 16.5. The Morgan fingerprint density at radius 2 is 2.06 bits per heavy atom. The zero-order chi connectivity index (χ0) is 23.0. The SMILES string of the molecule is CCOC(=O)c1cc(Nc2ncnc3cc(OCCCN4CCOCC4)c(OC)cc23)c[nH]1. The number of hydrogen-bond acceptors (Lipinski definition) is 9. The molecule has 3 aromatic rings. The molecule has 2 N–H and O–H groups in total. The first-order valence-electron chi connectivity index (χ1n) is 11.1. The fourth-order valence-corrected chi connectivity index (χ4v) is 3.66. The van der Waals surface area contributed by atoms with Gasteiger partial charge in [0.15, 0.2) is 11.5 Å². The van der Waals surface area contributed by atoms with E-state index in [4.69, 9.17) is 18.9 Å². The van der Waals surface area contributed by atoms with Gasteiger partial charge in [-0.15, -0.1) is 0 Å². The van der Waals surface area contributed by atoms with Crippen LogP contribution in [0.2, 0.25) is 0 Å². The summed E-state index contributed by atoms with van der Waals surface area (Å²) in [7, 11) is 1.61. The summed E-state index contributed by atoms with van der Waals surface area (Å²) in [5.74, 6) is 1.43. The van der Waals surface area contributed by atoms with E-state index >= 15 is 0 Å². The minimum absolute atomic E-state index is 0.314. The lowest BCUT2D eigenvalue weighted by Crippen LogP contribution is -2.37. The van der Waals surface area contributed by atoms with Crippen LogP contribution >= 0.6 is 0 Å². The second kappa shape index (κ2) is 11.0. The summed E-state index contributed by atoms with van der Waals surface area (Å²) in [5.41, 5.74) is 1.76. The van der Waals surface area contributed by atoms with Gasteiger partial charge in [-0.2, -0.15) is 0 Å². The van der Waals surface area contributed by atoms with Crippen molar-refractivity contribution in [1.82, 2.24) is 19.9 Å². The third-order valence-corrected chi connectivity index (χ3v) is 5.34. The number of nitrogens with one attached hydrogen (secondary N) is 2. The van der Waals surface area contributed by atoms with Crippen LogP contribution in [0.5, 0.6) is 11.5 Å². The molecule has 0 saturated carbocycles. The van der Waals surface area contributed by atoms with E-state index in [-0.39, 0.29) is 0 Å². The topological polar surface area (TPSA) is 111 Å². The summed E-state index contributed by atoms with van der Waals surface area (Å²) in [5, 5.41) is 3.99. The molecule has 0 aliphatic carbocycles. The number of carbonyl (C=O) groups excluding carboxylic acids is 1. The number of methoxy groups -OCH3 is 1. The van der Waals surface area contributed by atoms with Gasteiger partial charge in [0.25, 0.3) is 0 Å². The first-order chi connectivity index (χ1) is 16.2. The van der Waals surface area contributed by atoms with E-state index in [9.17, 15) is 4.79 Å². The van der Waals surface area contributed by atoms with Crippen molar-refractivity contribution in [3.05, 3.63) is 36.4 Å². The maximum Gasteiger partial charge on any atom is 0.354 e. The quantitative estimate of drug-likeness (QED) is 0.352. The molecule has 2 aromatic heterocycles.